The molecule has 0 radical (unpaired) electrons. The first kappa shape index (κ1) is 14.6. The van der Waals surface area contributed by atoms with Gasteiger partial charge in [-0.05, 0) is 25.1 Å². The Labute approximate surface area is 108 Å². The number of benzene rings is 1. The maximum absolute atomic E-state index is 13.4. The smallest absolute Gasteiger partial charge is 0.243 e. The van der Waals surface area contributed by atoms with Crippen molar-refractivity contribution >= 4 is 26.0 Å². The van der Waals surface area contributed by atoms with Crippen molar-refractivity contribution in [2.45, 2.75) is 11.8 Å². The molecule has 0 atom stereocenters. The molecule has 0 amide bonds. The number of sulfonamides is 1. The van der Waals surface area contributed by atoms with Crippen LogP contribution in [0.1, 0.15) is 6.92 Å². The summed E-state index contributed by atoms with van der Waals surface area (Å²) in [5.74, 6) is -0.789. The quantitative estimate of drug-likeness (QED) is 0.813. The van der Waals surface area contributed by atoms with Crippen LogP contribution in [0.5, 0.6) is 0 Å². The zero-order chi connectivity index (χ0) is 12.9. The summed E-state index contributed by atoms with van der Waals surface area (Å²) in [5.41, 5.74) is 0. The lowest BCUT2D eigenvalue weighted by Gasteiger charge is -2.07. The fourth-order valence-corrected chi connectivity index (χ4v) is 2.57. The van der Waals surface area contributed by atoms with Crippen molar-refractivity contribution in [3.63, 3.8) is 0 Å². The molecule has 7 heteroatoms. The van der Waals surface area contributed by atoms with E-state index in [0.717, 1.165) is 6.07 Å². The van der Waals surface area contributed by atoms with Crippen molar-refractivity contribution in [1.82, 2.24) is 4.72 Å². The predicted octanol–water partition coefficient (Wildman–Crippen LogP) is 1.90. The Bertz CT molecular complexity index is 478. The van der Waals surface area contributed by atoms with Crippen LogP contribution in [0.25, 0.3) is 0 Å². The van der Waals surface area contributed by atoms with Crippen molar-refractivity contribution < 1.29 is 17.5 Å². The van der Waals surface area contributed by atoms with E-state index in [1.165, 1.54) is 12.1 Å². The highest BCUT2D eigenvalue weighted by Gasteiger charge is 2.18. The fraction of sp³-hybridized carbons (Fsp3) is 0.400. The van der Waals surface area contributed by atoms with Gasteiger partial charge < -0.3 is 4.74 Å². The normalized spacial score (nSPS) is 11.7. The molecule has 1 rings (SSSR count). The monoisotopic (exact) mass is 325 g/mol. The highest BCUT2D eigenvalue weighted by atomic mass is 79.9. The molecule has 0 saturated carbocycles. The summed E-state index contributed by atoms with van der Waals surface area (Å²) in [6.07, 6.45) is 0. The standard InChI is InChI=1S/C10H13BrFNO3S/c1-2-16-6-5-13-17(14,15)10-4-3-8(11)7-9(10)12/h3-4,7,13H,2,5-6H2,1H3. The second-order valence-electron chi connectivity index (χ2n) is 3.17. The number of ether oxygens (including phenoxy) is 1. The van der Waals surface area contributed by atoms with Crippen LogP contribution in [0, 0.1) is 5.82 Å². The van der Waals surface area contributed by atoms with Gasteiger partial charge >= 0.3 is 0 Å². The minimum atomic E-state index is -3.81. The van der Waals surface area contributed by atoms with Gasteiger partial charge in [0.05, 0.1) is 6.61 Å². The molecular weight excluding hydrogens is 313 g/mol. The summed E-state index contributed by atoms with van der Waals surface area (Å²) in [7, 11) is -3.81. The Kier molecular flexibility index (Phi) is 5.51. The van der Waals surface area contributed by atoms with Gasteiger partial charge in [0.25, 0.3) is 0 Å². The van der Waals surface area contributed by atoms with Crippen molar-refractivity contribution in [3.05, 3.63) is 28.5 Å². The van der Waals surface area contributed by atoms with Crippen molar-refractivity contribution in [2.24, 2.45) is 0 Å². The minimum Gasteiger partial charge on any atom is -0.380 e. The third kappa shape index (κ3) is 4.34. The Hall–Kier alpha value is -0.500. The topological polar surface area (TPSA) is 55.4 Å². The third-order valence-corrected chi connectivity index (χ3v) is 3.91. The van der Waals surface area contributed by atoms with Gasteiger partial charge in [0.1, 0.15) is 10.7 Å². The summed E-state index contributed by atoms with van der Waals surface area (Å²) in [5, 5.41) is 0. The fourth-order valence-electron chi connectivity index (χ4n) is 1.16. The van der Waals surface area contributed by atoms with Crippen molar-refractivity contribution in [1.29, 1.82) is 0 Å². The van der Waals surface area contributed by atoms with Gasteiger partial charge in [-0.2, -0.15) is 0 Å². The van der Waals surface area contributed by atoms with E-state index >= 15 is 0 Å². The number of halogens is 2. The van der Waals surface area contributed by atoms with E-state index in [1.54, 1.807) is 0 Å². The van der Waals surface area contributed by atoms with Crippen LogP contribution in [0.3, 0.4) is 0 Å². The third-order valence-electron chi connectivity index (χ3n) is 1.93. The first-order valence-corrected chi connectivity index (χ1v) is 7.27. The minimum absolute atomic E-state index is 0.117. The molecule has 96 valence electrons. The van der Waals surface area contributed by atoms with Gasteiger partial charge in [-0.1, -0.05) is 15.9 Å². The van der Waals surface area contributed by atoms with Crippen LogP contribution in [0.2, 0.25) is 0 Å². The number of nitrogens with one attached hydrogen (secondary N) is 1. The van der Waals surface area contributed by atoms with E-state index in [1.807, 2.05) is 6.92 Å². The second-order valence-corrected chi connectivity index (χ2v) is 5.82. The Morgan fingerprint density at radius 2 is 2.18 bits per heavy atom. The lowest BCUT2D eigenvalue weighted by Crippen LogP contribution is -2.28. The molecule has 0 aromatic heterocycles. The van der Waals surface area contributed by atoms with Crippen molar-refractivity contribution in [2.75, 3.05) is 19.8 Å². The van der Waals surface area contributed by atoms with E-state index < -0.39 is 15.8 Å². The molecule has 0 fully saturated rings. The number of hydrogen-bond acceptors (Lipinski definition) is 3. The largest absolute Gasteiger partial charge is 0.380 e. The first-order valence-electron chi connectivity index (χ1n) is 5.00. The van der Waals surface area contributed by atoms with E-state index in [4.69, 9.17) is 4.74 Å². The van der Waals surface area contributed by atoms with Gasteiger partial charge in [-0.25, -0.2) is 17.5 Å². The van der Waals surface area contributed by atoms with Crippen LogP contribution < -0.4 is 4.72 Å². The van der Waals surface area contributed by atoms with Crippen molar-refractivity contribution in [3.8, 4) is 0 Å². The van der Waals surface area contributed by atoms with E-state index in [2.05, 4.69) is 20.7 Å². The zero-order valence-electron chi connectivity index (χ0n) is 9.24. The summed E-state index contributed by atoms with van der Waals surface area (Å²) in [4.78, 5) is -0.364. The van der Waals surface area contributed by atoms with E-state index in [-0.39, 0.29) is 18.0 Å². The van der Waals surface area contributed by atoms with Gasteiger partial charge in [0.15, 0.2) is 0 Å². The first-order chi connectivity index (χ1) is 7.97. The Balaban J connectivity index is 2.76. The molecule has 0 saturated heterocycles. The van der Waals surface area contributed by atoms with Gasteiger partial charge in [0, 0.05) is 17.6 Å². The molecule has 0 aliphatic heterocycles. The van der Waals surface area contributed by atoms with E-state index in [0.29, 0.717) is 11.1 Å². The average molecular weight is 326 g/mol. The molecule has 0 aliphatic rings. The zero-order valence-corrected chi connectivity index (χ0v) is 11.6. The predicted molar refractivity (Wildman–Crippen MR) is 65.8 cm³/mol. The van der Waals surface area contributed by atoms with Crippen LogP contribution >= 0.6 is 15.9 Å². The van der Waals surface area contributed by atoms with E-state index in [9.17, 15) is 12.8 Å². The highest BCUT2D eigenvalue weighted by Crippen LogP contribution is 2.18. The molecule has 0 aliphatic carbocycles. The molecule has 0 spiro atoms. The van der Waals surface area contributed by atoms with Gasteiger partial charge in [-0.15, -0.1) is 0 Å². The molecule has 4 nitrogen and oxygen atoms in total. The maximum Gasteiger partial charge on any atom is 0.243 e. The Morgan fingerprint density at radius 3 is 2.76 bits per heavy atom. The van der Waals surface area contributed by atoms with Gasteiger partial charge in [0.2, 0.25) is 10.0 Å². The van der Waals surface area contributed by atoms with Crippen LogP contribution in [0.4, 0.5) is 4.39 Å². The molecule has 0 heterocycles. The second kappa shape index (κ2) is 6.44. The molecular formula is C10H13BrFNO3S. The summed E-state index contributed by atoms with van der Waals surface area (Å²) < 4.78 is 44.6. The summed E-state index contributed by atoms with van der Waals surface area (Å²) >= 11 is 3.06. The molecule has 0 bridgehead atoms. The highest BCUT2D eigenvalue weighted by molar-refractivity contribution is 9.10. The SMILES string of the molecule is CCOCCNS(=O)(=O)c1ccc(Br)cc1F. The van der Waals surface area contributed by atoms with Crippen LogP contribution in [0.15, 0.2) is 27.6 Å². The van der Waals surface area contributed by atoms with Crippen LogP contribution in [-0.2, 0) is 14.8 Å². The molecule has 1 aromatic rings. The molecule has 17 heavy (non-hydrogen) atoms. The lowest BCUT2D eigenvalue weighted by atomic mass is 10.3. The van der Waals surface area contributed by atoms with Crippen LogP contribution in [-0.4, -0.2) is 28.2 Å². The van der Waals surface area contributed by atoms with Gasteiger partial charge in [-0.3, -0.25) is 0 Å². The summed E-state index contributed by atoms with van der Waals surface area (Å²) in [6, 6.07) is 3.79. The molecule has 1 N–H and O–H groups in total. The average Bonchev–Trinajstić information content (AvgIpc) is 2.24. The lowest BCUT2D eigenvalue weighted by molar-refractivity contribution is 0.153. The summed E-state index contributed by atoms with van der Waals surface area (Å²) in [6.45, 7) is 2.69. The number of hydrogen-bond donors (Lipinski definition) is 1. The maximum atomic E-state index is 13.4. The number of rotatable bonds is 6. The molecule has 0 unspecified atom stereocenters. The molecule has 1 aromatic carbocycles. The Morgan fingerprint density at radius 1 is 1.47 bits per heavy atom.